The third-order valence-electron chi connectivity index (χ3n) is 8.76. The first-order valence-corrected chi connectivity index (χ1v) is 11.9. The Balaban J connectivity index is 1.22. The smallest absolute Gasteiger partial charge is 0.325 e. The molecule has 1 aromatic heterocycles. The SMILES string of the molecule is Cc1[nH]c2ccccc2c1C(C(=O)O)N1CCN(C2C3CC4CC(C3)CC2C4)CC1. The van der Waals surface area contributed by atoms with E-state index in [9.17, 15) is 9.90 Å². The number of carbonyl (C=O) groups is 1. The fourth-order valence-electron chi connectivity index (χ4n) is 7.90. The number of aromatic amines is 1. The molecule has 2 aromatic rings. The molecule has 2 N–H and O–H groups in total. The number of piperazine rings is 1. The number of carboxylic acids is 1. The summed E-state index contributed by atoms with van der Waals surface area (Å²) in [6.45, 7) is 5.73. The lowest BCUT2D eigenvalue weighted by Crippen LogP contribution is -2.60. The van der Waals surface area contributed by atoms with Crippen molar-refractivity contribution in [2.75, 3.05) is 26.2 Å². The predicted molar refractivity (Wildman–Crippen MR) is 117 cm³/mol. The molecule has 0 amide bonds. The van der Waals surface area contributed by atoms with Crippen LogP contribution in [0.3, 0.4) is 0 Å². The van der Waals surface area contributed by atoms with Crippen molar-refractivity contribution in [1.29, 1.82) is 0 Å². The van der Waals surface area contributed by atoms with Gasteiger partial charge in [-0.3, -0.25) is 14.6 Å². The van der Waals surface area contributed by atoms with E-state index in [4.69, 9.17) is 0 Å². The first kappa shape index (κ1) is 18.9. The first-order valence-electron chi connectivity index (χ1n) is 11.9. The summed E-state index contributed by atoms with van der Waals surface area (Å²) in [5.41, 5.74) is 2.96. The Morgan fingerprint density at radius 2 is 1.63 bits per heavy atom. The number of carboxylic acid groups (broad SMARTS) is 1. The van der Waals surface area contributed by atoms with Gasteiger partial charge >= 0.3 is 5.97 Å². The van der Waals surface area contributed by atoms with Crippen molar-refractivity contribution in [2.45, 2.75) is 51.1 Å². The van der Waals surface area contributed by atoms with Gasteiger partial charge in [0.25, 0.3) is 0 Å². The number of aromatic nitrogens is 1. The van der Waals surface area contributed by atoms with E-state index in [0.717, 1.165) is 78.1 Å². The highest BCUT2D eigenvalue weighted by molar-refractivity contribution is 5.90. The van der Waals surface area contributed by atoms with Gasteiger partial charge in [0.15, 0.2) is 0 Å². The van der Waals surface area contributed by atoms with Gasteiger partial charge in [0.1, 0.15) is 6.04 Å². The second-order valence-electron chi connectivity index (χ2n) is 10.4. The molecule has 1 atom stereocenters. The molecule has 5 heteroatoms. The maximum Gasteiger partial charge on any atom is 0.325 e. The van der Waals surface area contributed by atoms with Crippen molar-refractivity contribution in [2.24, 2.45) is 23.7 Å². The summed E-state index contributed by atoms with van der Waals surface area (Å²) in [7, 11) is 0. The number of aryl methyl sites for hydroxylation is 1. The zero-order chi connectivity index (χ0) is 20.4. The summed E-state index contributed by atoms with van der Waals surface area (Å²) in [4.78, 5) is 20.8. The summed E-state index contributed by atoms with van der Waals surface area (Å²) in [5.74, 6) is 3.08. The minimum absolute atomic E-state index is 0.568. The first-order chi connectivity index (χ1) is 14.6. The number of nitrogens with one attached hydrogen (secondary N) is 1. The van der Waals surface area contributed by atoms with Gasteiger partial charge in [-0.2, -0.15) is 0 Å². The van der Waals surface area contributed by atoms with Gasteiger partial charge < -0.3 is 10.1 Å². The van der Waals surface area contributed by atoms with Crippen LogP contribution in [0.15, 0.2) is 24.3 Å². The molecular weight excluding hydrogens is 374 g/mol. The van der Waals surface area contributed by atoms with Crippen LogP contribution in [0.4, 0.5) is 0 Å². The summed E-state index contributed by atoms with van der Waals surface area (Å²) in [6, 6.07) is 8.29. The monoisotopic (exact) mass is 407 g/mol. The number of benzene rings is 1. The van der Waals surface area contributed by atoms with E-state index in [2.05, 4.69) is 20.9 Å². The number of nitrogens with zero attached hydrogens (tertiary/aromatic N) is 2. The molecule has 160 valence electrons. The van der Waals surface area contributed by atoms with Gasteiger partial charge in [0, 0.05) is 54.4 Å². The number of hydrogen-bond donors (Lipinski definition) is 2. The second kappa shape index (κ2) is 7.10. The maximum atomic E-state index is 12.4. The molecule has 0 spiro atoms. The van der Waals surface area contributed by atoms with Gasteiger partial charge in [0.05, 0.1) is 0 Å². The fraction of sp³-hybridized carbons (Fsp3) is 0.640. The Morgan fingerprint density at radius 1 is 1.00 bits per heavy atom. The van der Waals surface area contributed by atoms with Gasteiger partial charge in [-0.05, 0) is 68.8 Å². The Kier molecular flexibility index (Phi) is 4.47. The molecule has 7 rings (SSSR count). The average molecular weight is 408 g/mol. The normalized spacial score (nSPS) is 35.2. The highest BCUT2D eigenvalue weighted by Crippen LogP contribution is 2.55. The maximum absolute atomic E-state index is 12.4. The molecular formula is C25H33N3O2. The Bertz CT molecular complexity index is 930. The van der Waals surface area contributed by atoms with Crippen LogP contribution >= 0.6 is 0 Å². The second-order valence-corrected chi connectivity index (χ2v) is 10.4. The molecule has 5 nitrogen and oxygen atoms in total. The van der Waals surface area contributed by atoms with E-state index in [0.29, 0.717) is 0 Å². The highest BCUT2D eigenvalue weighted by Gasteiger charge is 2.50. The Labute approximate surface area is 178 Å². The van der Waals surface area contributed by atoms with Crippen LogP contribution in [-0.4, -0.2) is 58.1 Å². The van der Waals surface area contributed by atoms with E-state index >= 15 is 0 Å². The summed E-state index contributed by atoms with van der Waals surface area (Å²) in [5, 5.41) is 11.2. The van der Waals surface area contributed by atoms with Crippen LogP contribution in [0.25, 0.3) is 10.9 Å². The molecule has 4 aliphatic carbocycles. The molecule has 1 aliphatic heterocycles. The molecule has 4 saturated carbocycles. The van der Waals surface area contributed by atoms with Crippen LogP contribution in [0.2, 0.25) is 0 Å². The largest absolute Gasteiger partial charge is 0.480 e. The lowest BCUT2D eigenvalue weighted by atomic mass is 9.54. The Hall–Kier alpha value is -1.85. The zero-order valence-corrected chi connectivity index (χ0v) is 17.9. The number of rotatable bonds is 4. The van der Waals surface area contributed by atoms with Crippen LogP contribution in [0.1, 0.15) is 49.4 Å². The highest BCUT2D eigenvalue weighted by atomic mass is 16.4. The number of hydrogen-bond acceptors (Lipinski definition) is 3. The van der Waals surface area contributed by atoms with E-state index in [1.54, 1.807) is 0 Å². The minimum Gasteiger partial charge on any atom is -0.480 e. The van der Waals surface area contributed by atoms with Crippen molar-refractivity contribution >= 4 is 16.9 Å². The van der Waals surface area contributed by atoms with Gasteiger partial charge in [-0.25, -0.2) is 0 Å². The summed E-state index contributed by atoms with van der Waals surface area (Å²) in [6.07, 6.45) is 7.29. The molecule has 0 radical (unpaired) electrons. The number of aliphatic carboxylic acids is 1. The third kappa shape index (κ3) is 2.93. The quantitative estimate of drug-likeness (QED) is 0.803. The van der Waals surface area contributed by atoms with Gasteiger partial charge in [0.2, 0.25) is 0 Å². The zero-order valence-electron chi connectivity index (χ0n) is 17.9. The van der Waals surface area contributed by atoms with E-state index < -0.39 is 12.0 Å². The molecule has 30 heavy (non-hydrogen) atoms. The number of H-pyrrole nitrogens is 1. The molecule has 1 aromatic carbocycles. The van der Waals surface area contributed by atoms with Crippen LogP contribution in [-0.2, 0) is 4.79 Å². The van der Waals surface area contributed by atoms with Crippen molar-refractivity contribution in [3.63, 3.8) is 0 Å². The molecule has 2 heterocycles. The van der Waals surface area contributed by atoms with Gasteiger partial charge in [-0.1, -0.05) is 18.2 Å². The van der Waals surface area contributed by atoms with Crippen LogP contribution in [0.5, 0.6) is 0 Å². The Morgan fingerprint density at radius 3 is 2.27 bits per heavy atom. The van der Waals surface area contributed by atoms with Crippen LogP contribution < -0.4 is 0 Å². The molecule has 1 unspecified atom stereocenters. The molecule has 1 saturated heterocycles. The number of fused-ring (bicyclic) bond motifs is 1. The molecule has 5 fully saturated rings. The third-order valence-corrected chi connectivity index (χ3v) is 8.76. The lowest BCUT2D eigenvalue weighted by molar-refractivity contribution is -0.145. The lowest BCUT2D eigenvalue weighted by Gasteiger charge is -2.58. The average Bonchev–Trinajstić information content (AvgIpc) is 3.04. The standard InChI is InChI=1S/C25H33N3O2/c1-15-22(20-4-2-3-5-21(20)26-15)24(25(29)30)28-8-6-27(7-9-28)23-18-11-16-10-17(13-18)14-19(23)12-16/h2-5,16-19,23-24,26H,6-14H2,1H3,(H,29,30). The summed E-state index contributed by atoms with van der Waals surface area (Å²) >= 11 is 0. The van der Waals surface area contributed by atoms with Crippen LogP contribution in [0, 0.1) is 30.6 Å². The minimum atomic E-state index is -0.731. The van der Waals surface area contributed by atoms with E-state index in [1.807, 2.05) is 25.1 Å². The molecule has 4 bridgehead atoms. The molecule has 5 aliphatic rings. The van der Waals surface area contributed by atoms with E-state index in [-0.39, 0.29) is 0 Å². The number of para-hydroxylation sites is 1. The fourth-order valence-corrected chi connectivity index (χ4v) is 7.90. The summed E-state index contributed by atoms with van der Waals surface area (Å²) < 4.78 is 0. The van der Waals surface area contributed by atoms with E-state index in [1.165, 1.54) is 32.1 Å². The van der Waals surface area contributed by atoms with Crippen molar-refractivity contribution in [3.05, 3.63) is 35.5 Å². The topological polar surface area (TPSA) is 59.6 Å². The van der Waals surface area contributed by atoms with Crippen molar-refractivity contribution in [1.82, 2.24) is 14.8 Å². The van der Waals surface area contributed by atoms with Gasteiger partial charge in [-0.15, -0.1) is 0 Å². The van der Waals surface area contributed by atoms with Crippen molar-refractivity contribution < 1.29 is 9.90 Å². The predicted octanol–water partition coefficient (Wildman–Crippen LogP) is 4.04. The van der Waals surface area contributed by atoms with Crippen molar-refractivity contribution in [3.8, 4) is 0 Å².